The molecule has 0 fully saturated rings. The van der Waals surface area contributed by atoms with Crippen LogP contribution in [0.15, 0.2) is 30.3 Å². The smallest absolute Gasteiger partial charge is 0.323 e. The molecule has 10 N–H and O–H groups in total. The molecular weight excluding hydrogens is 370 g/mol. The Balaban J connectivity index is 0. The van der Waals surface area contributed by atoms with Gasteiger partial charge in [0.25, 0.3) is 0 Å². The van der Waals surface area contributed by atoms with E-state index >= 15 is 0 Å². The standard InChI is InChI=1S/C9H11NO2.C5H11NO2.C4H9NO3/c10-8(9(11)12)6-7-4-2-1-3-5-7;1-3(2)4(6)5(7)8;1-2(6)3(5)4(7)8/h1-5,8H,6,10H2,(H,11,12);3-4H,6H2,1-2H3,(H,7,8);2-3,6H,5H2,1H3,(H,7,8)/t8-;4-;2-,3+/m001/s1. The number of aliphatic carboxylic acids is 3. The van der Waals surface area contributed by atoms with Crippen molar-refractivity contribution in [1.82, 2.24) is 0 Å². The van der Waals surface area contributed by atoms with Crippen LogP contribution in [0.2, 0.25) is 0 Å². The third-order valence-corrected chi connectivity index (χ3v) is 3.42. The fraction of sp³-hybridized carbons (Fsp3) is 0.500. The van der Waals surface area contributed by atoms with Crippen molar-refractivity contribution in [2.45, 2.75) is 51.4 Å². The molecule has 0 unspecified atom stereocenters. The van der Waals surface area contributed by atoms with Gasteiger partial charge in [-0.25, -0.2) is 0 Å². The van der Waals surface area contributed by atoms with Crippen LogP contribution in [0.25, 0.3) is 0 Å². The predicted octanol–water partition coefficient (Wildman–Crippen LogP) is -0.526. The van der Waals surface area contributed by atoms with Crippen LogP contribution in [-0.2, 0) is 20.8 Å². The number of rotatable bonds is 7. The van der Waals surface area contributed by atoms with Crippen LogP contribution in [-0.4, -0.2) is 62.6 Å². The highest BCUT2D eigenvalue weighted by molar-refractivity contribution is 5.74. The third kappa shape index (κ3) is 13.6. The summed E-state index contributed by atoms with van der Waals surface area (Å²) in [5.74, 6) is -3.05. The molecule has 1 aromatic carbocycles. The topological polar surface area (TPSA) is 210 Å². The minimum absolute atomic E-state index is 0.0208. The molecule has 0 aliphatic rings. The number of hydrogen-bond acceptors (Lipinski definition) is 7. The van der Waals surface area contributed by atoms with Crippen molar-refractivity contribution in [2.24, 2.45) is 23.1 Å². The monoisotopic (exact) mass is 401 g/mol. The van der Waals surface area contributed by atoms with Crippen LogP contribution < -0.4 is 17.2 Å². The zero-order valence-corrected chi connectivity index (χ0v) is 16.2. The summed E-state index contributed by atoms with van der Waals surface area (Å²) in [6.07, 6.45) is -0.594. The summed E-state index contributed by atoms with van der Waals surface area (Å²) in [5, 5.41) is 33.3. The fourth-order valence-electron chi connectivity index (χ4n) is 1.45. The molecule has 4 atom stereocenters. The molecule has 10 heteroatoms. The lowest BCUT2D eigenvalue weighted by Gasteiger charge is -2.07. The molecule has 0 amide bonds. The van der Waals surface area contributed by atoms with Crippen molar-refractivity contribution < 1.29 is 34.8 Å². The van der Waals surface area contributed by atoms with Gasteiger partial charge in [0, 0.05) is 0 Å². The number of carboxylic acid groups (broad SMARTS) is 3. The molecule has 0 spiro atoms. The minimum atomic E-state index is -1.18. The van der Waals surface area contributed by atoms with Gasteiger partial charge in [-0.15, -0.1) is 0 Å². The molecule has 0 aliphatic heterocycles. The maximum Gasteiger partial charge on any atom is 0.323 e. The van der Waals surface area contributed by atoms with Gasteiger partial charge >= 0.3 is 17.9 Å². The first-order valence-electron chi connectivity index (χ1n) is 8.48. The predicted molar refractivity (Wildman–Crippen MR) is 103 cm³/mol. The first-order valence-corrected chi connectivity index (χ1v) is 8.48. The summed E-state index contributed by atoms with van der Waals surface area (Å²) < 4.78 is 0. The highest BCUT2D eigenvalue weighted by Crippen LogP contribution is 2.01. The maximum atomic E-state index is 10.4. The maximum absolute atomic E-state index is 10.4. The van der Waals surface area contributed by atoms with E-state index in [1.807, 2.05) is 30.3 Å². The molecule has 160 valence electrons. The van der Waals surface area contributed by atoms with E-state index in [1.54, 1.807) is 13.8 Å². The molecule has 1 aromatic rings. The Morgan fingerprint density at radius 3 is 1.46 bits per heavy atom. The quantitative estimate of drug-likeness (QED) is 0.310. The van der Waals surface area contributed by atoms with Crippen LogP contribution in [0, 0.1) is 5.92 Å². The molecule has 0 radical (unpaired) electrons. The van der Waals surface area contributed by atoms with Crippen LogP contribution in [0.5, 0.6) is 0 Å². The summed E-state index contributed by atoms with van der Waals surface area (Å²) >= 11 is 0. The number of carbonyl (C=O) groups is 3. The van der Waals surface area contributed by atoms with Crippen molar-refractivity contribution in [3.05, 3.63) is 35.9 Å². The second-order valence-corrected chi connectivity index (χ2v) is 6.35. The Morgan fingerprint density at radius 1 is 0.821 bits per heavy atom. The second kappa shape index (κ2) is 14.5. The lowest BCUT2D eigenvalue weighted by atomic mass is 10.1. The summed E-state index contributed by atoms with van der Waals surface area (Å²) in [6, 6.07) is 6.67. The Hall–Kier alpha value is -2.53. The molecule has 1 rings (SSSR count). The highest BCUT2D eigenvalue weighted by atomic mass is 16.4. The lowest BCUT2D eigenvalue weighted by molar-refractivity contribution is -0.141. The third-order valence-electron chi connectivity index (χ3n) is 3.42. The van der Waals surface area contributed by atoms with Crippen molar-refractivity contribution in [2.75, 3.05) is 0 Å². The van der Waals surface area contributed by atoms with E-state index in [0.29, 0.717) is 6.42 Å². The number of nitrogens with two attached hydrogens (primary N) is 3. The number of carboxylic acids is 3. The molecule has 0 saturated carbocycles. The van der Waals surface area contributed by atoms with Gasteiger partial charge in [-0.2, -0.15) is 0 Å². The van der Waals surface area contributed by atoms with Gasteiger partial charge in [-0.1, -0.05) is 44.2 Å². The van der Waals surface area contributed by atoms with Crippen molar-refractivity contribution in [3.63, 3.8) is 0 Å². The zero-order chi connectivity index (χ0) is 22.4. The van der Waals surface area contributed by atoms with Crippen LogP contribution in [0.3, 0.4) is 0 Å². The number of benzene rings is 1. The first-order chi connectivity index (χ1) is 12.8. The normalized spacial score (nSPS) is 14.3. The largest absolute Gasteiger partial charge is 0.480 e. The van der Waals surface area contributed by atoms with E-state index in [-0.39, 0.29) is 5.92 Å². The molecule has 28 heavy (non-hydrogen) atoms. The molecule has 10 nitrogen and oxygen atoms in total. The SMILES string of the molecule is CC(C)[C@H](N)C(=O)O.C[C@@H](O)[C@H](N)C(=O)O.N[C@@H](Cc1ccccc1)C(=O)O. The lowest BCUT2D eigenvalue weighted by Crippen LogP contribution is -2.39. The fourth-order valence-corrected chi connectivity index (χ4v) is 1.45. The van der Waals surface area contributed by atoms with E-state index in [1.165, 1.54) is 6.92 Å². The van der Waals surface area contributed by atoms with Gasteiger partial charge in [0.1, 0.15) is 18.1 Å². The summed E-state index contributed by atoms with van der Waals surface area (Å²) in [4.78, 5) is 30.3. The Labute approximate surface area is 164 Å². The van der Waals surface area contributed by atoms with Gasteiger partial charge < -0.3 is 37.6 Å². The van der Waals surface area contributed by atoms with Gasteiger partial charge in [-0.05, 0) is 24.8 Å². The Morgan fingerprint density at radius 2 is 1.25 bits per heavy atom. The number of hydrogen-bond donors (Lipinski definition) is 7. The zero-order valence-electron chi connectivity index (χ0n) is 16.2. The van der Waals surface area contributed by atoms with Crippen LogP contribution in [0.1, 0.15) is 26.3 Å². The number of aliphatic hydroxyl groups is 1. The van der Waals surface area contributed by atoms with E-state index in [0.717, 1.165) is 5.56 Å². The van der Waals surface area contributed by atoms with E-state index in [2.05, 4.69) is 0 Å². The Kier molecular flexibility index (Phi) is 14.4. The number of aliphatic hydroxyl groups excluding tert-OH is 1. The summed E-state index contributed by atoms with van der Waals surface area (Å²) in [5.41, 5.74) is 16.4. The van der Waals surface area contributed by atoms with E-state index in [9.17, 15) is 14.4 Å². The van der Waals surface area contributed by atoms with Crippen molar-refractivity contribution >= 4 is 17.9 Å². The molecule has 0 aliphatic carbocycles. The molecular formula is C18H31N3O7. The van der Waals surface area contributed by atoms with Crippen molar-refractivity contribution in [1.29, 1.82) is 0 Å². The molecule has 0 aromatic heterocycles. The van der Waals surface area contributed by atoms with Gasteiger partial charge in [0.15, 0.2) is 0 Å². The van der Waals surface area contributed by atoms with Gasteiger partial charge in [0.05, 0.1) is 6.10 Å². The van der Waals surface area contributed by atoms with Crippen molar-refractivity contribution in [3.8, 4) is 0 Å². The summed E-state index contributed by atoms with van der Waals surface area (Å²) in [6.45, 7) is 4.89. The molecule has 0 saturated heterocycles. The molecule has 0 bridgehead atoms. The highest BCUT2D eigenvalue weighted by Gasteiger charge is 2.16. The molecule has 0 heterocycles. The summed E-state index contributed by atoms with van der Waals surface area (Å²) in [7, 11) is 0. The first kappa shape index (κ1) is 27.7. The average molecular weight is 401 g/mol. The van der Waals surface area contributed by atoms with Crippen LogP contribution >= 0.6 is 0 Å². The average Bonchev–Trinajstić information content (AvgIpc) is 2.61. The van der Waals surface area contributed by atoms with E-state index in [4.69, 9.17) is 37.6 Å². The van der Waals surface area contributed by atoms with Gasteiger partial charge in [-0.3, -0.25) is 14.4 Å². The van der Waals surface area contributed by atoms with Gasteiger partial charge in [0.2, 0.25) is 0 Å². The Bertz CT molecular complexity index is 570. The second-order valence-electron chi connectivity index (χ2n) is 6.35. The minimum Gasteiger partial charge on any atom is -0.480 e. The van der Waals surface area contributed by atoms with E-state index < -0.39 is 42.1 Å². The van der Waals surface area contributed by atoms with Crippen LogP contribution in [0.4, 0.5) is 0 Å².